The smallest absolute Gasteiger partial charge is 0.191 e. The van der Waals surface area contributed by atoms with Gasteiger partial charge in [-0.2, -0.15) is 0 Å². The first-order valence-electron chi connectivity index (χ1n) is 8.91. The number of morpholine rings is 1. The molecule has 2 rings (SSSR count). The highest BCUT2D eigenvalue weighted by Crippen LogP contribution is 2.11. The van der Waals surface area contributed by atoms with Crippen LogP contribution in [0, 0.1) is 0 Å². The predicted octanol–water partition coefficient (Wildman–Crippen LogP) is 2.37. The fourth-order valence-electron chi connectivity index (χ4n) is 2.68. The number of aliphatic imine (C=N–C) groups is 1. The van der Waals surface area contributed by atoms with Gasteiger partial charge in [-0.15, -0.1) is 0 Å². The van der Waals surface area contributed by atoms with Gasteiger partial charge in [-0.3, -0.25) is 4.90 Å². The number of rotatable bonds is 5. The highest BCUT2D eigenvalue weighted by molar-refractivity contribution is 5.80. The molecule has 1 aromatic rings. The van der Waals surface area contributed by atoms with Gasteiger partial charge in [0.25, 0.3) is 0 Å². The molecule has 5 nitrogen and oxygen atoms in total. The van der Waals surface area contributed by atoms with E-state index in [0.717, 1.165) is 45.4 Å². The minimum Gasteiger partial charge on any atom is -0.379 e. The van der Waals surface area contributed by atoms with E-state index in [0.29, 0.717) is 6.54 Å². The van der Waals surface area contributed by atoms with Crippen LogP contribution in [0.25, 0.3) is 0 Å². The number of hydrogen-bond acceptors (Lipinski definition) is 3. The van der Waals surface area contributed by atoms with Crippen LogP contribution in [0.1, 0.15) is 38.8 Å². The summed E-state index contributed by atoms with van der Waals surface area (Å²) in [6, 6.07) is 8.73. The minimum atomic E-state index is -0.000809. The van der Waals surface area contributed by atoms with Crippen LogP contribution >= 0.6 is 0 Å². The van der Waals surface area contributed by atoms with E-state index >= 15 is 0 Å². The van der Waals surface area contributed by atoms with Crippen molar-refractivity contribution in [2.45, 2.75) is 46.3 Å². The van der Waals surface area contributed by atoms with Crippen LogP contribution in [0.5, 0.6) is 0 Å². The van der Waals surface area contributed by atoms with Gasteiger partial charge in [-0.25, -0.2) is 4.99 Å². The SMILES string of the molecule is CCNC(=NCc1cccc(CN2CCOCC2)c1)NC(C)(C)C. The molecule has 5 heteroatoms. The zero-order valence-electron chi connectivity index (χ0n) is 15.6. The summed E-state index contributed by atoms with van der Waals surface area (Å²) in [5.41, 5.74) is 2.59. The van der Waals surface area contributed by atoms with E-state index in [1.54, 1.807) is 0 Å². The Balaban J connectivity index is 1.97. The molecule has 2 N–H and O–H groups in total. The maximum atomic E-state index is 5.42. The molecule has 24 heavy (non-hydrogen) atoms. The number of ether oxygens (including phenoxy) is 1. The first-order chi connectivity index (χ1) is 11.5. The van der Waals surface area contributed by atoms with Crippen molar-refractivity contribution in [1.29, 1.82) is 0 Å². The van der Waals surface area contributed by atoms with Crippen LogP contribution < -0.4 is 10.6 Å². The standard InChI is InChI=1S/C19H32N4O/c1-5-20-18(22-19(2,3)4)21-14-16-7-6-8-17(13-16)15-23-9-11-24-12-10-23/h6-8,13H,5,9-12,14-15H2,1-4H3,(H2,20,21,22). The second-order valence-electron chi connectivity index (χ2n) is 7.28. The Morgan fingerprint density at radius 3 is 2.58 bits per heavy atom. The number of guanidine groups is 1. The molecular weight excluding hydrogens is 300 g/mol. The summed E-state index contributed by atoms with van der Waals surface area (Å²) in [5, 5.41) is 6.73. The first-order valence-corrected chi connectivity index (χ1v) is 8.91. The molecule has 0 aromatic heterocycles. The second kappa shape index (κ2) is 9.04. The summed E-state index contributed by atoms with van der Waals surface area (Å²) >= 11 is 0. The summed E-state index contributed by atoms with van der Waals surface area (Å²) < 4.78 is 5.42. The maximum absolute atomic E-state index is 5.42. The quantitative estimate of drug-likeness (QED) is 0.642. The Hall–Kier alpha value is -1.59. The summed E-state index contributed by atoms with van der Waals surface area (Å²) in [6.45, 7) is 14.8. The largest absolute Gasteiger partial charge is 0.379 e. The van der Waals surface area contributed by atoms with Crippen molar-refractivity contribution in [1.82, 2.24) is 15.5 Å². The lowest BCUT2D eigenvalue weighted by Gasteiger charge is -2.26. The molecule has 134 valence electrons. The Morgan fingerprint density at radius 1 is 1.21 bits per heavy atom. The molecule has 0 unspecified atom stereocenters. The molecule has 0 atom stereocenters. The van der Waals surface area contributed by atoms with E-state index in [1.807, 2.05) is 0 Å². The molecule has 1 aliphatic rings. The zero-order chi connectivity index (χ0) is 17.4. The highest BCUT2D eigenvalue weighted by Gasteiger charge is 2.12. The summed E-state index contributed by atoms with van der Waals surface area (Å²) in [7, 11) is 0. The van der Waals surface area contributed by atoms with Crippen molar-refractivity contribution < 1.29 is 4.74 Å². The van der Waals surface area contributed by atoms with Crippen LogP contribution in [0.3, 0.4) is 0 Å². The third-order valence-corrected chi connectivity index (χ3v) is 3.76. The maximum Gasteiger partial charge on any atom is 0.191 e. The molecule has 1 saturated heterocycles. The molecule has 0 radical (unpaired) electrons. The highest BCUT2D eigenvalue weighted by atomic mass is 16.5. The van der Waals surface area contributed by atoms with Crippen molar-refractivity contribution in [2.24, 2.45) is 4.99 Å². The number of benzene rings is 1. The van der Waals surface area contributed by atoms with Crippen LogP contribution in [0.15, 0.2) is 29.3 Å². The Morgan fingerprint density at radius 2 is 1.92 bits per heavy atom. The normalized spacial score (nSPS) is 16.9. The Bertz CT molecular complexity index is 530. The lowest BCUT2D eigenvalue weighted by molar-refractivity contribution is 0.0342. The zero-order valence-corrected chi connectivity index (χ0v) is 15.6. The second-order valence-corrected chi connectivity index (χ2v) is 7.28. The molecule has 0 aliphatic carbocycles. The molecule has 0 saturated carbocycles. The van der Waals surface area contributed by atoms with Gasteiger partial charge >= 0.3 is 0 Å². The van der Waals surface area contributed by atoms with E-state index in [4.69, 9.17) is 9.73 Å². The van der Waals surface area contributed by atoms with Crippen LogP contribution in [-0.4, -0.2) is 49.2 Å². The molecule has 0 spiro atoms. The monoisotopic (exact) mass is 332 g/mol. The number of nitrogens with one attached hydrogen (secondary N) is 2. The van der Waals surface area contributed by atoms with Crippen molar-refractivity contribution in [2.75, 3.05) is 32.8 Å². The number of hydrogen-bond donors (Lipinski definition) is 2. The van der Waals surface area contributed by atoms with Gasteiger partial charge in [0.2, 0.25) is 0 Å². The first kappa shape index (κ1) is 18.7. The topological polar surface area (TPSA) is 48.9 Å². The van der Waals surface area contributed by atoms with Gasteiger partial charge in [0, 0.05) is 31.7 Å². The van der Waals surface area contributed by atoms with Gasteiger partial charge in [0.05, 0.1) is 19.8 Å². The third-order valence-electron chi connectivity index (χ3n) is 3.76. The van der Waals surface area contributed by atoms with E-state index in [9.17, 15) is 0 Å². The van der Waals surface area contributed by atoms with E-state index in [1.165, 1.54) is 11.1 Å². The van der Waals surface area contributed by atoms with Crippen molar-refractivity contribution in [3.05, 3.63) is 35.4 Å². The van der Waals surface area contributed by atoms with Gasteiger partial charge in [0.1, 0.15) is 0 Å². The average Bonchev–Trinajstić information content (AvgIpc) is 2.53. The summed E-state index contributed by atoms with van der Waals surface area (Å²) in [5.74, 6) is 0.864. The third kappa shape index (κ3) is 6.89. The van der Waals surface area contributed by atoms with Crippen molar-refractivity contribution in [3.63, 3.8) is 0 Å². The summed E-state index contributed by atoms with van der Waals surface area (Å²) in [4.78, 5) is 7.16. The molecule has 0 bridgehead atoms. The molecule has 0 amide bonds. The van der Waals surface area contributed by atoms with Crippen LogP contribution in [0.2, 0.25) is 0 Å². The van der Waals surface area contributed by atoms with Crippen molar-refractivity contribution in [3.8, 4) is 0 Å². The van der Waals surface area contributed by atoms with E-state index in [2.05, 4.69) is 67.5 Å². The Labute approximate surface area is 146 Å². The van der Waals surface area contributed by atoms with Crippen molar-refractivity contribution >= 4 is 5.96 Å². The summed E-state index contributed by atoms with van der Waals surface area (Å²) in [6.07, 6.45) is 0. The Kier molecular flexibility index (Phi) is 7.06. The average molecular weight is 332 g/mol. The van der Waals surface area contributed by atoms with Gasteiger partial charge in [0.15, 0.2) is 5.96 Å². The fourth-order valence-corrected chi connectivity index (χ4v) is 2.68. The van der Waals surface area contributed by atoms with Gasteiger partial charge in [-0.05, 0) is 38.8 Å². The molecule has 1 heterocycles. The van der Waals surface area contributed by atoms with Crippen LogP contribution in [-0.2, 0) is 17.8 Å². The van der Waals surface area contributed by atoms with Crippen LogP contribution in [0.4, 0.5) is 0 Å². The van der Waals surface area contributed by atoms with E-state index in [-0.39, 0.29) is 5.54 Å². The molecular formula is C19H32N4O. The lowest BCUT2D eigenvalue weighted by Crippen LogP contribution is -2.47. The minimum absolute atomic E-state index is 0.000809. The van der Waals surface area contributed by atoms with Gasteiger partial charge < -0.3 is 15.4 Å². The molecule has 1 aromatic carbocycles. The molecule has 1 fully saturated rings. The van der Waals surface area contributed by atoms with Gasteiger partial charge in [-0.1, -0.05) is 24.3 Å². The fraction of sp³-hybridized carbons (Fsp3) is 0.632. The number of nitrogens with zero attached hydrogens (tertiary/aromatic N) is 2. The molecule has 1 aliphatic heterocycles. The predicted molar refractivity (Wildman–Crippen MR) is 100 cm³/mol. The van der Waals surface area contributed by atoms with E-state index < -0.39 is 0 Å². The lowest BCUT2D eigenvalue weighted by atomic mass is 10.1.